The van der Waals surface area contributed by atoms with E-state index >= 15 is 0 Å². The summed E-state index contributed by atoms with van der Waals surface area (Å²) in [6.45, 7) is 1.81. The third-order valence-electron chi connectivity index (χ3n) is 6.59. The molecule has 3 heterocycles. The standard InChI is InChI=1S/C24H28ClN5O2S.ClH/c1-30-10-9-19-21(13-30)33-24(29-19)23(32)28-18-6-4-2-3-5-17(18)27-22(31)20-12-14-11-15(25)7-8-16(14)26-20;/h7-8,11-12,17-18,26H,2-6,9-10,13H2,1H3,(H,27,31)(H,28,32);1H. The minimum Gasteiger partial charge on any atom is -0.351 e. The number of thiazole rings is 1. The minimum absolute atomic E-state index is 0. The van der Waals surface area contributed by atoms with Crippen LogP contribution >= 0.6 is 35.3 Å². The lowest BCUT2D eigenvalue weighted by Gasteiger charge is -2.26. The molecule has 1 fully saturated rings. The molecule has 5 rings (SSSR count). The first-order valence-corrected chi connectivity index (χ1v) is 12.7. The van der Waals surface area contributed by atoms with Gasteiger partial charge in [0.25, 0.3) is 11.8 Å². The molecule has 182 valence electrons. The number of nitrogens with one attached hydrogen (secondary N) is 3. The van der Waals surface area contributed by atoms with Gasteiger partial charge in [-0.05, 0) is 44.2 Å². The first-order chi connectivity index (χ1) is 16.0. The Labute approximate surface area is 214 Å². The maximum Gasteiger partial charge on any atom is 0.280 e. The Balaban J connectivity index is 0.00000274. The van der Waals surface area contributed by atoms with Crippen molar-refractivity contribution in [2.45, 2.75) is 57.2 Å². The summed E-state index contributed by atoms with van der Waals surface area (Å²) in [6, 6.07) is 7.08. The fourth-order valence-corrected chi connectivity index (χ4v) is 6.05. The monoisotopic (exact) mass is 521 g/mol. The van der Waals surface area contributed by atoms with Gasteiger partial charge in [0, 0.05) is 52.4 Å². The summed E-state index contributed by atoms with van der Waals surface area (Å²) >= 11 is 7.57. The average molecular weight is 523 g/mol. The molecule has 2 unspecified atom stereocenters. The second kappa shape index (κ2) is 10.6. The van der Waals surface area contributed by atoms with E-state index in [9.17, 15) is 9.59 Å². The average Bonchev–Trinajstić information content (AvgIpc) is 3.34. The molecular weight excluding hydrogens is 493 g/mol. The number of fused-ring (bicyclic) bond motifs is 2. The van der Waals surface area contributed by atoms with Gasteiger partial charge in [-0.3, -0.25) is 9.59 Å². The molecule has 7 nitrogen and oxygen atoms in total. The number of aromatic amines is 1. The van der Waals surface area contributed by atoms with Gasteiger partial charge >= 0.3 is 0 Å². The van der Waals surface area contributed by atoms with Gasteiger partial charge in [-0.2, -0.15) is 0 Å². The SMILES string of the molecule is CN1CCc2nc(C(=O)NC3CCCCCC3NC(=O)c3cc4cc(Cl)ccc4[nH]3)sc2C1.Cl. The summed E-state index contributed by atoms with van der Waals surface area (Å²) in [5.74, 6) is -0.301. The molecule has 3 N–H and O–H groups in total. The summed E-state index contributed by atoms with van der Waals surface area (Å²) in [7, 11) is 2.09. The first-order valence-electron chi connectivity index (χ1n) is 11.5. The van der Waals surface area contributed by atoms with Crippen molar-refractivity contribution >= 4 is 58.1 Å². The lowest BCUT2D eigenvalue weighted by Crippen LogP contribution is -2.51. The van der Waals surface area contributed by atoms with Crippen LogP contribution in [0.1, 0.15) is 63.0 Å². The van der Waals surface area contributed by atoms with Gasteiger partial charge in [-0.25, -0.2) is 4.98 Å². The Morgan fingerprint density at radius 1 is 1.12 bits per heavy atom. The van der Waals surface area contributed by atoms with Crippen LogP contribution in [0.3, 0.4) is 0 Å². The molecule has 2 aliphatic rings. The molecule has 10 heteroatoms. The number of carbonyl (C=O) groups excluding carboxylic acids is 2. The number of carbonyl (C=O) groups is 2. The molecule has 0 bridgehead atoms. The molecule has 3 aromatic rings. The van der Waals surface area contributed by atoms with Crippen LogP contribution in [0.4, 0.5) is 0 Å². The first kappa shape index (κ1) is 25.0. The number of nitrogens with zero attached hydrogens (tertiary/aromatic N) is 2. The quantitative estimate of drug-likeness (QED) is 0.439. The number of halogens is 2. The highest BCUT2D eigenvalue weighted by molar-refractivity contribution is 7.13. The topological polar surface area (TPSA) is 90.1 Å². The highest BCUT2D eigenvalue weighted by atomic mass is 35.5. The largest absolute Gasteiger partial charge is 0.351 e. The van der Waals surface area contributed by atoms with Crippen molar-refractivity contribution in [3.63, 3.8) is 0 Å². The van der Waals surface area contributed by atoms with Crippen molar-refractivity contribution in [2.24, 2.45) is 0 Å². The minimum atomic E-state index is -0.166. The van der Waals surface area contributed by atoms with Crippen LogP contribution in [0.25, 0.3) is 10.9 Å². The smallest absolute Gasteiger partial charge is 0.280 e. The summed E-state index contributed by atoms with van der Waals surface area (Å²) in [5, 5.41) is 8.42. The summed E-state index contributed by atoms with van der Waals surface area (Å²) < 4.78 is 0. The van der Waals surface area contributed by atoms with Crippen molar-refractivity contribution in [1.29, 1.82) is 0 Å². The van der Waals surface area contributed by atoms with Gasteiger partial charge in [0.15, 0.2) is 5.01 Å². The number of benzene rings is 1. The van der Waals surface area contributed by atoms with Gasteiger partial charge < -0.3 is 20.5 Å². The van der Waals surface area contributed by atoms with E-state index in [0.29, 0.717) is 15.7 Å². The predicted octanol–water partition coefficient (Wildman–Crippen LogP) is 4.55. The second-order valence-corrected chi connectivity index (χ2v) is 10.6. The Kier molecular flexibility index (Phi) is 7.82. The van der Waals surface area contributed by atoms with Crippen LogP contribution in [0.15, 0.2) is 24.3 Å². The molecule has 1 aliphatic heterocycles. The summed E-state index contributed by atoms with van der Waals surface area (Å²) in [4.78, 5) is 37.3. The highest BCUT2D eigenvalue weighted by Gasteiger charge is 2.29. The number of aromatic nitrogens is 2. The molecule has 0 radical (unpaired) electrons. The van der Waals surface area contributed by atoms with E-state index in [-0.39, 0.29) is 36.3 Å². The fraction of sp³-hybridized carbons (Fsp3) is 0.458. The number of rotatable bonds is 4. The number of amides is 2. The van der Waals surface area contributed by atoms with E-state index in [1.165, 1.54) is 16.2 Å². The molecule has 1 aliphatic carbocycles. The van der Waals surface area contributed by atoms with E-state index in [0.717, 1.165) is 68.2 Å². The lowest BCUT2D eigenvalue weighted by atomic mass is 10.0. The molecule has 1 aromatic carbocycles. The van der Waals surface area contributed by atoms with Crippen LogP contribution in [0.5, 0.6) is 0 Å². The predicted molar refractivity (Wildman–Crippen MR) is 138 cm³/mol. The van der Waals surface area contributed by atoms with Gasteiger partial charge in [-0.15, -0.1) is 23.7 Å². The molecule has 2 amide bonds. The number of hydrogen-bond acceptors (Lipinski definition) is 5. The zero-order chi connectivity index (χ0) is 22.9. The van der Waals surface area contributed by atoms with Crippen LogP contribution in [-0.2, 0) is 13.0 Å². The maximum atomic E-state index is 13.1. The van der Waals surface area contributed by atoms with Crippen LogP contribution in [-0.4, -0.2) is 52.4 Å². The third kappa shape index (κ3) is 5.40. The lowest BCUT2D eigenvalue weighted by molar-refractivity contribution is 0.0876. The van der Waals surface area contributed by atoms with E-state index in [1.54, 1.807) is 6.07 Å². The number of likely N-dealkylation sites (N-methyl/N-ethyl adjacent to an activating group) is 1. The maximum absolute atomic E-state index is 13.1. The Morgan fingerprint density at radius 2 is 1.85 bits per heavy atom. The Morgan fingerprint density at radius 3 is 2.62 bits per heavy atom. The molecule has 0 saturated heterocycles. The van der Waals surface area contributed by atoms with E-state index in [1.807, 2.05) is 18.2 Å². The van der Waals surface area contributed by atoms with E-state index < -0.39 is 0 Å². The third-order valence-corrected chi connectivity index (χ3v) is 7.91. The second-order valence-electron chi connectivity index (χ2n) is 9.09. The van der Waals surface area contributed by atoms with Gasteiger partial charge in [0.2, 0.25) is 0 Å². The normalized spacial score (nSPS) is 20.8. The van der Waals surface area contributed by atoms with Gasteiger partial charge in [0.05, 0.1) is 5.69 Å². The number of H-pyrrole nitrogens is 1. The molecule has 0 spiro atoms. The van der Waals surface area contributed by atoms with Crippen LogP contribution in [0, 0.1) is 0 Å². The molecule has 2 atom stereocenters. The highest BCUT2D eigenvalue weighted by Crippen LogP contribution is 2.26. The van der Waals surface area contributed by atoms with Crippen LogP contribution in [0.2, 0.25) is 5.02 Å². The van der Waals surface area contributed by atoms with Crippen molar-refractivity contribution < 1.29 is 9.59 Å². The summed E-state index contributed by atoms with van der Waals surface area (Å²) in [5.41, 5.74) is 2.42. The van der Waals surface area contributed by atoms with Gasteiger partial charge in [0.1, 0.15) is 5.69 Å². The molecular formula is C24H29Cl2N5O2S. The molecule has 34 heavy (non-hydrogen) atoms. The zero-order valence-corrected chi connectivity index (χ0v) is 21.4. The fourth-order valence-electron chi connectivity index (χ4n) is 4.78. The molecule has 1 saturated carbocycles. The van der Waals surface area contributed by atoms with Crippen molar-refractivity contribution in [3.8, 4) is 0 Å². The van der Waals surface area contributed by atoms with Crippen molar-refractivity contribution in [3.05, 3.63) is 50.6 Å². The number of hydrogen-bond donors (Lipinski definition) is 3. The Bertz CT molecular complexity index is 1190. The summed E-state index contributed by atoms with van der Waals surface area (Å²) in [6.07, 6.45) is 5.71. The van der Waals surface area contributed by atoms with Gasteiger partial charge in [-0.1, -0.05) is 30.9 Å². The van der Waals surface area contributed by atoms with E-state index in [4.69, 9.17) is 11.6 Å². The zero-order valence-electron chi connectivity index (χ0n) is 19.0. The van der Waals surface area contributed by atoms with Crippen LogP contribution < -0.4 is 10.6 Å². The Hall–Kier alpha value is -2.13. The molecule has 2 aromatic heterocycles. The van der Waals surface area contributed by atoms with Crippen molar-refractivity contribution in [2.75, 3.05) is 13.6 Å². The van der Waals surface area contributed by atoms with E-state index in [2.05, 4.69) is 32.5 Å². The van der Waals surface area contributed by atoms with Crippen molar-refractivity contribution in [1.82, 2.24) is 25.5 Å².